The molecule has 2 heterocycles. The Morgan fingerprint density at radius 3 is 2.70 bits per heavy atom. The maximum Gasteiger partial charge on any atom is 0.254 e. The van der Waals surface area contributed by atoms with E-state index in [9.17, 15) is 4.79 Å². The molecule has 0 radical (unpaired) electrons. The summed E-state index contributed by atoms with van der Waals surface area (Å²) in [5, 5.41) is 16.8. The molecule has 124 valence electrons. The SMILES string of the molecule is CCCCc1nn(CC)c(N)c1N=Nc1c(C(N)=O)cnn1C. The third-order valence-electron chi connectivity index (χ3n) is 3.52. The van der Waals surface area contributed by atoms with Gasteiger partial charge >= 0.3 is 0 Å². The minimum Gasteiger partial charge on any atom is -0.382 e. The van der Waals surface area contributed by atoms with Gasteiger partial charge in [0.2, 0.25) is 0 Å². The van der Waals surface area contributed by atoms with E-state index in [1.54, 1.807) is 11.7 Å². The first-order valence-corrected chi connectivity index (χ1v) is 7.58. The van der Waals surface area contributed by atoms with E-state index in [1.165, 1.54) is 10.9 Å². The Hall–Kier alpha value is -2.71. The fourth-order valence-corrected chi connectivity index (χ4v) is 2.20. The van der Waals surface area contributed by atoms with E-state index in [1.807, 2.05) is 6.92 Å². The van der Waals surface area contributed by atoms with Crippen LogP contribution in [0.2, 0.25) is 0 Å². The van der Waals surface area contributed by atoms with Crippen LogP contribution in [-0.2, 0) is 20.0 Å². The molecule has 4 N–H and O–H groups in total. The van der Waals surface area contributed by atoms with Crippen molar-refractivity contribution in [1.82, 2.24) is 19.6 Å². The van der Waals surface area contributed by atoms with Crippen molar-refractivity contribution in [3.05, 3.63) is 17.5 Å². The third-order valence-corrected chi connectivity index (χ3v) is 3.52. The van der Waals surface area contributed by atoms with Crippen LogP contribution in [0.1, 0.15) is 42.7 Å². The third kappa shape index (κ3) is 3.38. The van der Waals surface area contributed by atoms with Crippen LogP contribution in [0, 0.1) is 0 Å². The molecule has 0 fully saturated rings. The monoisotopic (exact) mass is 318 g/mol. The highest BCUT2D eigenvalue weighted by Crippen LogP contribution is 2.30. The van der Waals surface area contributed by atoms with Gasteiger partial charge in [-0.25, -0.2) is 9.36 Å². The number of nitrogen functional groups attached to an aromatic ring is 1. The molecule has 0 aliphatic carbocycles. The molecule has 2 rings (SSSR count). The highest BCUT2D eigenvalue weighted by Gasteiger charge is 2.16. The highest BCUT2D eigenvalue weighted by molar-refractivity contribution is 5.96. The lowest BCUT2D eigenvalue weighted by molar-refractivity contribution is 0.100. The number of azo groups is 1. The zero-order valence-corrected chi connectivity index (χ0v) is 13.7. The van der Waals surface area contributed by atoms with E-state index in [4.69, 9.17) is 11.5 Å². The van der Waals surface area contributed by atoms with Crippen LogP contribution in [0.5, 0.6) is 0 Å². The zero-order chi connectivity index (χ0) is 17.0. The number of rotatable bonds is 7. The van der Waals surface area contributed by atoms with Crippen molar-refractivity contribution in [2.45, 2.75) is 39.7 Å². The van der Waals surface area contributed by atoms with Gasteiger partial charge in [0.25, 0.3) is 5.91 Å². The molecule has 2 aromatic rings. The number of nitrogens with zero attached hydrogens (tertiary/aromatic N) is 6. The molecule has 0 saturated heterocycles. The number of carbonyl (C=O) groups excluding carboxylic acids is 1. The van der Waals surface area contributed by atoms with E-state index in [-0.39, 0.29) is 5.56 Å². The van der Waals surface area contributed by atoms with Crippen molar-refractivity contribution in [3.63, 3.8) is 0 Å². The van der Waals surface area contributed by atoms with E-state index >= 15 is 0 Å². The summed E-state index contributed by atoms with van der Waals surface area (Å²) >= 11 is 0. The number of nitrogens with two attached hydrogens (primary N) is 2. The van der Waals surface area contributed by atoms with Crippen LogP contribution in [0.15, 0.2) is 16.4 Å². The summed E-state index contributed by atoms with van der Waals surface area (Å²) in [5.41, 5.74) is 13.0. The number of hydrogen-bond acceptors (Lipinski definition) is 6. The summed E-state index contributed by atoms with van der Waals surface area (Å²) in [6.45, 7) is 4.72. The maximum atomic E-state index is 11.4. The average Bonchev–Trinajstić information content (AvgIpc) is 3.03. The first kappa shape index (κ1) is 16.7. The summed E-state index contributed by atoms with van der Waals surface area (Å²) in [7, 11) is 1.66. The molecule has 2 aromatic heterocycles. The fraction of sp³-hybridized carbons (Fsp3) is 0.500. The van der Waals surface area contributed by atoms with Crippen molar-refractivity contribution in [1.29, 1.82) is 0 Å². The Kier molecular flexibility index (Phi) is 5.09. The topological polar surface area (TPSA) is 129 Å². The molecule has 0 spiro atoms. The van der Waals surface area contributed by atoms with Crippen molar-refractivity contribution >= 4 is 23.2 Å². The molecule has 0 aromatic carbocycles. The van der Waals surface area contributed by atoms with Crippen LogP contribution in [0.3, 0.4) is 0 Å². The molecule has 9 nitrogen and oxygen atoms in total. The quantitative estimate of drug-likeness (QED) is 0.757. The second kappa shape index (κ2) is 7.03. The van der Waals surface area contributed by atoms with Gasteiger partial charge in [0.05, 0.1) is 11.9 Å². The first-order chi connectivity index (χ1) is 11.0. The lowest BCUT2D eigenvalue weighted by Crippen LogP contribution is -2.10. The van der Waals surface area contributed by atoms with Crippen LogP contribution in [-0.4, -0.2) is 25.5 Å². The van der Waals surface area contributed by atoms with Crippen molar-refractivity contribution in [2.75, 3.05) is 5.73 Å². The number of primary amides is 1. The van der Waals surface area contributed by atoms with Crippen LogP contribution < -0.4 is 11.5 Å². The molecular formula is C14H22N8O. The van der Waals surface area contributed by atoms with E-state index in [2.05, 4.69) is 27.3 Å². The van der Waals surface area contributed by atoms with Gasteiger partial charge in [0.1, 0.15) is 11.4 Å². The van der Waals surface area contributed by atoms with Crippen LogP contribution in [0.25, 0.3) is 0 Å². The second-order valence-corrected chi connectivity index (χ2v) is 5.17. The predicted octanol–water partition coefficient (Wildman–Crippen LogP) is 2.08. The zero-order valence-electron chi connectivity index (χ0n) is 13.7. The number of aryl methyl sites for hydroxylation is 3. The van der Waals surface area contributed by atoms with Crippen LogP contribution >= 0.6 is 0 Å². The van der Waals surface area contributed by atoms with E-state index in [0.29, 0.717) is 23.9 Å². The summed E-state index contributed by atoms with van der Waals surface area (Å²) < 4.78 is 3.13. The minimum atomic E-state index is -0.601. The van der Waals surface area contributed by atoms with Gasteiger partial charge in [-0.15, -0.1) is 10.2 Å². The van der Waals surface area contributed by atoms with Gasteiger partial charge in [-0.3, -0.25) is 4.79 Å². The number of carbonyl (C=O) groups is 1. The molecule has 0 unspecified atom stereocenters. The number of aromatic nitrogens is 4. The van der Waals surface area contributed by atoms with Gasteiger partial charge in [-0.05, 0) is 19.8 Å². The second-order valence-electron chi connectivity index (χ2n) is 5.17. The smallest absolute Gasteiger partial charge is 0.254 e. The first-order valence-electron chi connectivity index (χ1n) is 7.58. The van der Waals surface area contributed by atoms with E-state index in [0.717, 1.165) is 25.0 Å². The molecule has 9 heteroatoms. The molecule has 0 aliphatic rings. The lowest BCUT2D eigenvalue weighted by atomic mass is 10.2. The Labute approximate surface area is 134 Å². The summed E-state index contributed by atoms with van der Waals surface area (Å²) in [5.74, 6) is 0.156. The van der Waals surface area contributed by atoms with Gasteiger partial charge in [-0.1, -0.05) is 13.3 Å². The predicted molar refractivity (Wildman–Crippen MR) is 86.8 cm³/mol. The summed E-state index contributed by atoms with van der Waals surface area (Å²) in [6.07, 6.45) is 4.17. The Bertz CT molecular complexity index is 727. The minimum absolute atomic E-state index is 0.216. The van der Waals surface area contributed by atoms with Gasteiger partial charge < -0.3 is 11.5 Å². The summed E-state index contributed by atoms with van der Waals surface area (Å²) in [4.78, 5) is 11.4. The average molecular weight is 318 g/mol. The maximum absolute atomic E-state index is 11.4. The Morgan fingerprint density at radius 2 is 2.09 bits per heavy atom. The van der Waals surface area contributed by atoms with Gasteiger partial charge in [0, 0.05) is 13.6 Å². The molecular weight excluding hydrogens is 296 g/mol. The molecule has 0 bridgehead atoms. The van der Waals surface area contributed by atoms with E-state index < -0.39 is 5.91 Å². The van der Waals surface area contributed by atoms with Crippen molar-refractivity contribution in [2.24, 2.45) is 23.0 Å². The number of anilines is 1. The fourth-order valence-electron chi connectivity index (χ4n) is 2.20. The lowest BCUT2D eigenvalue weighted by Gasteiger charge is -1.99. The number of amides is 1. The molecule has 1 amide bonds. The van der Waals surface area contributed by atoms with Gasteiger partial charge in [-0.2, -0.15) is 10.2 Å². The molecule has 0 saturated carbocycles. The normalized spacial score (nSPS) is 11.4. The molecule has 0 aliphatic heterocycles. The molecule has 0 atom stereocenters. The van der Waals surface area contributed by atoms with Gasteiger partial charge in [0.15, 0.2) is 11.5 Å². The Morgan fingerprint density at radius 1 is 1.35 bits per heavy atom. The number of hydrogen-bond donors (Lipinski definition) is 2. The Balaban J connectivity index is 2.41. The van der Waals surface area contributed by atoms with Crippen LogP contribution in [0.4, 0.5) is 17.3 Å². The molecule has 23 heavy (non-hydrogen) atoms. The summed E-state index contributed by atoms with van der Waals surface area (Å²) in [6, 6.07) is 0. The van der Waals surface area contributed by atoms with Crippen molar-refractivity contribution in [3.8, 4) is 0 Å². The standard InChI is InChI=1S/C14H22N8O/c1-4-6-7-10-11(12(15)22(5-2)20-10)18-19-14-9(13(16)23)8-17-21(14)3/h8H,4-7,15H2,1-3H3,(H2,16,23). The largest absolute Gasteiger partial charge is 0.382 e. The number of unbranched alkanes of at least 4 members (excludes halogenated alkanes) is 1. The highest BCUT2D eigenvalue weighted by atomic mass is 16.1. The van der Waals surface area contributed by atoms with Crippen molar-refractivity contribution < 1.29 is 4.79 Å².